The molecule has 0 rings (SSSR count). The fourth-order valence-electron chi connectivity index (χ4n) is 1.44. The lowest BCUT2D eigenvalue weighted by Crippen LogP contribution is -2.11. The monoisotopic (exact) mass is 242 g/mol. The van der Waals surface area contributed by atoms with Crippen LogP contribution in [0.2, 0.25) is 0 Å². The summed E-state index contributed by atoms with van der Waals surface area (Å²) in [5.74, 6) is 0. The number of unbranched alkanes of at least 4 members (excludes halogenated alkanes) is 2. The molecular formula is C14H26O3. The van der Waals surface area contributed by atoms with Gasteiger partial charge in [-0.3, -0.25) is 0 Å². The van der Waals surface area contributed by atoms with Gasteiger partial charge in [-0.25, -0.2) is 0 Å². The van der Waals surface area contributed by atoms with Crippen molar-refractivity contribution in [3.63, 3.8) is 0 Å². The Bertz CT molecular complexity index is 196. The molecule has 0 atom stereocenters. The topological polar surface area (TPSA) is 38.7 Å². The van der Waals surface area contributed by atoms with Crippen LogP contribution < -0.4 is 0 Å². The highest BCUT2D eigenvalue weighted by Gasteiger charge is 2.01. The standard InChI is InChI=1S/C14H26O3/c1-16-14(17-2)12-10-8-6-4-3-5-7-9-11-13-15/h5-8,14-15H,3-4,9-13H2,1-2H3. The second kappa shape index (κ2) is 13.4. The van der Waals surface area contributed by atoms with Crippen LogP contribution in [0.15, 0.2) is 24.3 Å². The fourth-order valence-corrected chi connectivity index (χ4v) is 1.44. The highest BCUT2D eigenvalue weighted by molar-refractivity contribution is 4.88. The van der Waals surface area contributed by atoms with E-state index in [2.05, 4.69) is 24.3 Å². The number of aliphatic hydroxyl groups is 1. The molecule has 0 unspecified atom stereocenters. The summed E-state index contributed by atoms with van der Waals surface area (Å²) in [4.78, 5) is 0. The Balaban J connectivity index is 3.33. The predicted octanol–water partition coefficient (Wildman–Crippen LogP) is 3.05. The van der Waals surface area contributed by atoms with Crippen LogP contribution in [-0.2, 0) is 9.47 Å². The molecule has 17 heavy (non-hydrogen) atoms. The molecule has 100 valence electrons. The van der Waals surface area contributed by atoms with Gasteiger partial charge in [0.05, 0.1) is 0 Å². The maximum atomic E-state index is 8.59. The van der Waals surface area contributed by atoms with Gasteiger partial charge < -0.3 is 14.6 Å². The number of methoxy groups -OCH3 is 2. The van der Waals surface area contributed by atoms with Gasteiger partial charge in [0.25, 0.3) is 0 Å². The molecule has 0 aliphatic rings. The van der Waals surface area contributed by atoms with Gasteiger partial charge in [0.15, 0.2) is 6.29 Å². The van der Waals surface area contributed by atoms with E-state index in [1.807, 2.05) is 0 Å². The number of allylic oxidation sites excluding steroid dienone is 4. The first-order valence-corrected chi connectivity index (χ1v) is 6.31. The summed E-state index contributed by atoms with van der Waals surface area (Å²) in [6.45, 7) is 0.282. The van der Waals surface area contributed by atoms with Crippen molar-refractivity contribution < 1.29 is 14.6 Å². The molecule has 0 aromatic rings. The largest absolute Gasteiger partial charge is 0.396 e. The first-order valence-electron chi connectivity index (χ1n) is 6.31. The molecule has 0 aromatic heterocycles. The normalized spacial score (nSPS) is 12.2. The van der Waals surface area contributed by atoms with E-state index in [1.165, 1.54) is 0 Å². The van der Waals surface area contributed by atoms with Crippen LogP contribution >= 0.6 is 0 Å². The predicted molar refractivity (Wildman–Crippen MR) is 70.9 cm³/mol. The summed E-state index contributed by atoms with van der Waals surface area (Å²) < 4.78 is 10.2. The van der Waals surface area contributed by atoms with Crippen molar-refractivity contribution in [3.8, 4) is 0 Å². The van der Waals surface area contributed by atoms with Crippen LogP contribution in [0.1, 0.15) is 38.5 Å². The lowest BCUT2D eigenvalue weighted by molar-refractivity contribution is -0.105. The van der Waals surface area contributed by atoms with E-state index in [4.69, 9.17) is 14.6 Å². The van der Waals surface area contributed by atoms with Crippen LogP contribution in [0.5, 0.6) is 0 Å². The van der Waals surface area contributed by atoms with E-state index in [0.29, 0.717) is 0 Å². The van der Waals surface area contributed by atoms with Crippen molar-refractivity contribution in [1.29, 1.82) is 0 Å². The zero-order chi connectivity index (χ0) is 12.8. The molecule has 0 radical (unpaired) electrons. The van der Waals surface area contributed by atoms with Gasteiger partial charge in [-0.2, -0.15) is 0 Å². The molecule has 0 saturated carbocycles. The quantitative estimate of drug-likeness (QED) is 0.344. The number of ether oxygens (including phenoxy) is 2. The molecule has 0 aliphatic heterocycles. The van der Waals surface area contributed by atoms with Gasteiger partial charge >= 0.3 is 0 Å². The van der Waals surface area contributed by atoms with Crippen molar-refractivity contribution in [3.05, 3.63) is 24.3 Å². The first-order chi connectivity index (χ1) is 8.35. The minimum Gasteiger partial charge on any atom is -0.396 e. The van der Waals surface area contributed by atoms with Gasteiger partial charge in [-0.05, 0) is 32.1 Å². The number of rotatable bonds is 11. The molecule has 0 spiro atoms. The average molecular weight is 242 g/mol. The maximum absolute atomic E-state index is 8.59. The number of hydrogen-bond donors (Lipinski definition) is 1. The second-order valence-corrected chi connectivity index (χ2v) is 3.86. The maximum Gasteiger partial charge on any atom is 0.157 e. The van der Waals surface area contributed by atoms with Crippen LogP contribution in [0.3, 0.4) is 0 Å². The molecular weight excluding hydrogens is 216 g/mol. The van der Waals surface area contributed by atoms with Crippen LogP contribution in [0.25, 0.3) is 0 Å². The van der Waals surface area contributed by atoms with Crippen molar-refractivity contribution in [2.45, 2.75) is 44.8 Å². The highest BCUT2D eigenvalue weighted by atomic mass is 16.7. The smallest absolute Gasteiger partial charge is 0.157 e. The van der Waals surface area contributed by atoms with Gasteiger partial charge in [0, 0.05) is 27.2 Å². The molecule has 0 amide bonds. The van der Waals surface area contributed by atoms with Gasteiger partial charge in [0.1, 0.15) is 0 Å². The molecule has 0 saturated heterocycles. The molecule has 3 heteroatoms. The molecule has 0 aliphatic carbocycles. The SMILES string of the molecule is COC(CCC=CCCC=CCCCO)OC. The van der Waals surface area contributed by atoms with Gasteiger partial charge in [-0.15, -0.1) is 0 Å². The Labute approximate surface area is 105 Å². The zero-order valence-corrected chi connectivity index (χ0v) is 11.1. The summed E-state index contributed by atoms with van der Waals surface area (Å²) in [5, 5.41) is 8.59. The van der Waals surface area contributed by atoms with E-state index in [-0.39, 0.29) is 12.9 Å². The lowest BCUT2D eigenvalue weighted by atomic mass is 10.2. The minimum absolute atomic E-state index is 0.0852. The van der Waals surface area contributed by atoms with Crippen molar-refractivity contribution in [1.82, 2.24) is 0 Å². The second-order valence-electron chi connectivity index (χ2n) is 3.86. The molecule has 0 aromatic carbocycles. The van der Waals surface area contributed by atoms with Crippen LogP contribution in [-0.4, -0.2) is 32.2 Å². The fraction of sp³-hybridized carbons (Fsp3) is 0.714. The minimum atomic E-state index is -0.0852. The molecule has 0 bridgehead atoms. The Morgan fingerprint density at radius 1 is 0.882 bits per heavy atom. The van der Waals surface area contributed by atoms with Gasteiger partial charge in [-0.1, -0.05) is 24.3 Å². The summed E-state index contributed by atoms with van der Waals surface area (Å²) in [6.07, 6.45) is 14.5. The Kier molecular flexibility index (Phi) is 12.9. The molecule has 1 N–H and O–H groups in total. The molecule has 0 heterocycles. The third-order valence-corrected chi connectivity index (χ3v) is 2.46. The van der Waals surface area contributed by atoms with Crippen LogP contribution in [0, 0.1) is 0 Å². The summed E-state index contributed by atoms with van der Waals surface area (Å²) in [7, 11) is 3.32. The van der Waals surface area contributed by atoms with E-state index in [1.54, 1.807) is 14.2 Å². The average Bonchev–Trinajstić information content (AvgIpc) is 2.36. The van der Waals surface area contributed by atoms with Gasteiger partial charge in [0.2, 0.25) is 0 Å². The molecule has 0 fully saturated rings. The zero-order valence-electron chi connectivity index (χ0n) is 11.1. The first kappa shape index (κ1) is 16.4. The summed E-state index contributed by atoms with van der Waals surface area (Å²) >= 11 is 0. The van der Waals surface area contributed by atoms with E-state index < -0.39 is 0 Å². The third kappa shape index (κ3) is 11.6. The van der Waals surface area contributed by atoms with Crippen molar-refractivity contribution in [2.75, 3.05) is 20.8 Å². The Morgan fingerprint density at radius 2 is 1.41 bits per heavy atom. The lowest BCUT2D eigenvalue weighted by Gasteiger charge is -2.10. The van der Waals surface area contributed by atoms with E-state index >= 15 is 0 Å². The summed E-state index contributed by atoms with van der Waals surface area (Å²) in [5.41, 5.74) is 0. The van der Waals surface area contributed by atoms with Crippen molar-refractivity contribution in [2.24, 2.45) is 0 Å². The molecule has 3 nitrogen and oxygen atoms in total. The Hall–Kier alpha value is -0.640. The van der Waals surface area contributed by atoms with Crippen molar-refractivity contribution >= 4 is 0 Å². The number of hydrogen-bond acceptors (Lipinski definition) is 3. The summed E-state index contributed by atoms with van der Waals surface area (Å²) in [6, 6.07) is 0. The van der Waals surface area contributed by atoms with Crippen LogP contribution in [0.4, 0.5) is 0 Å². The van der Waals surface area contributed by atoms with E-state index in [0.717, 1.165) is 38.5 Å². The Morgan fingerprint density at radius 3 is 1.94 bits per heavy atom. The number of aliphatic hydroxyl groups excluding tert-OH is 1. The van der Waals surface area contributed by atoms with E-state index in [9.17, 15) is 0 Å². The highest BCUT2D eigenvalue weighted by Crippen LogP contribution is 2.04. The third-order valence-electron chi connectivity index (χ3n) is 2.46.